The van der Waals surface area contributed by atoms with Crippen LogP contribution >= 0.6 is 0 Å². The van der Waals surface area contributed by atoms with Crippen molar-refractivity contribution in [1.29, 1.82) is 0 Å². The van der Waals surface area contributed by atoms with E-state index in [0.717, 1.165) is 5.69 Å². The second-order valence-corrected chi connectivity index (χ2v) is 4.00. The molecule has 3 N–H and O–H groups in total. The van der Waals surface area contributed by atoms with Crippen molar-refractivity contribution in [3.8, 4) is 0 Å². The second kappa shape index (κ2) is 6.10. The average Bonchev–Trinajstić information content (AvgIpc) is 2.46. The minimum atomic E-state index is -0.238. The Morgan fingerprint density at radius 2 is 2.05 bits per heavy atom. The Hall–Kier alpha value is -2.21. The fraction of sp³-hybridized carbons (Fsp3) is 0.231. The molecule has 19 heavy (non-hydrogen) atoms. The highest BCUT2D eigenvalue weighted by Crippen LogP contribution is 2.20. The average molecular weight is 261 g/mol. The van der Waals surface area contributed by atoms with Gasteiger partial charge in [-0.25, -0.2) is 15.2 Å². The normalized spacial score (nSPS) is 10.3. The summed E-state index contributed by atoms with van der Waals surface area (Å²) in [5.41, 5.74) is 3.73. The Bertz CT molecular complexity index is 529. The first-order chi connectivity index (χ1) is 9.24. The molecule has 1 heterocycles. The fourth-order valence-corrected chi connectivity index (χ4v) is 1.78. The zero-order chi connectivity index (χ0) is 13.7. The maximum Gasteiger partial charge on any atom is 0.158 e. The molecule has 0 amide bonds. The lowest BCUT2D eigenvalue weighted by Gasteiger charge is -2.23. The van der Waals surface area contributed by atoms with Crippen molar-refractivity contribution < 1.29 is 4.39 Å². The number of halogens is 1. The van der Waals surface area contributed by atoms with E-state index in [-0.39, 0.29) is 5.82 Å². The van der Waals surface area contributed by atoms with Gasteiger partial charge >= 0.3 is 0 Å². The largest absolute Gasteiger partial charge is 0.363 e. The topological polar surface area (TPSA) is 67.1 Å². The van der Waals surface area contributed by atoms with Gasteiger partial charge in [0.05, 0.1) is 30.3 Å². The Balaban J connectivity index is 2.17. The molecule has 1 aromatic heterocycles. The van der Waals surface area contributed by atoms with Gasteiger partial charge in [0.15, 0.2) is 5.82 Å². The van der Waals surface area contributed by atoms with Gasteiger partial charge in [-0.2, -0.15) is 0 Å². The maximum absolute atomic E-state index is 13.7. The highest BCUT2D eigenvalue weighted by atomic mass is 19.1. The molecule has 0 atom stereocenters. The summed E-state index contributed by atoms with van der Waals surface area (Å²) in [5.74, 6) is 5.49. The zero-order valence-corrected chi connectivity index (χ0v) is 10.7. The summed E-state index contributed by atoms with van der Waals surface area (Å²) in [7, 11) is 0. The van der Waals surface area contributed by atoms with Crippen molar-refractivity contribution in [1.82, 2.24) is 9.97 Å². The van der Waals surface area contributed by atoms with Crippen LogP contribution < -0.4 is 16.2 Å². The lowest BCUT2D eigenvalue weighted by atomic mass is 10.2. The summed E-state index contributed by atoms with van der Waals surface area (Å²) in [6.45, 7) is 3.14. The molecule has 0 unspecified atom stereocenters. The number of nitrogens with one attached hydrogen (secondary N) is 1. The van der Waals surface area contributed by atoms with E-state index in [4.69, 9.17) is 5.84 Å². The molecule has 1 aromatic carbocycles. The summed E-state index contributed by atoms with van der Waals surface area (Å²) in [6.07, 6.45) is 3.17. The lowest BCUT2D eigenvalue weighted by Crippen LogP contribution is -2.23. The predicted octanol–water partition coefficient (Wildman–Crippen LogP) is 1.93. The number of nitrogens with zero attached hydrogens (tertiary/aromatic N) is 3. The zero-order valence-electron chi connectivity index (χ0n) is 10.7. The molecule has 0 aliphatic heterocycles. The summed E-state index contributed by atoms with van der Waals surface area (Å²) >= 11 is 0. The minimum absolute atomic E-state index is 0.238. The molecule has 2 rings (SSSR count). The van der Waals surface area contributed by atoms with Crippen LogP contribution in [0, 0.1) is 5.82 Å². The number of aromatic nitrogens is 2. The molecule has 2 aromatic rings. The predicted molar refractivity (Wildman–Crippen MR) is 73.0 cm³/mol. The first kappa shape index (κ1) is 13.2. The van der Waals surface area contributed by atoms with Gasteiger partial charge in [0, 0.05) is 6.54 Å². The molecule has 0 fully saturated rings. The first-order valence-corrected chi connectivity index (χ1v) is 6.01. The number of hydrogen-bond acceptors (Lipinski definition) is 5. The SMILES string of the molecule is CCN(Cc1cnc(NN)cn1)c1ccccc1F. The summed E-state index contributed by atoms with van der Waals surface area (Å²) in [4.78, 5) is 10.2. The number of nitrogens with two attached hydrogens (primary N) is 1. The van der Waals surface area contributed by atoms with E-state index >= 15 is 0 Å². The molecular weight excluding hydrogens is 245 g/mol. The molecule has 0 aliphatic carbocycles. The van der Waals surface area contributed by atoms with Gasteiger partial charge in [0.1, 0.15) is 5.82 Å². The third kappa shape index (κ3) is 3.17. The second-order valence-electron chi connectivity index (χ2n) is 4.00. The van der Waals surface area contributed by atoms with E-state index in [2.05, 4.69) is 15.4 Å². The van der Waals surface area contributed by atoms with Gasteiger partial charge in [0.25, 0.3) is 0 Å². The standard InChI is InChI=1S/C13H16FN5/c1-2-19(12-6-4-3-5-11(12)14)9-10-7-17-13(18-15)8-16-10/h3-8H,2,9,15H2,1H3,(H,17,18). The Morgan fingerprint density at radius 3 is 2.63 bits per heavy atom. The van der Waals surface area contributed by atoms with Gasteiger partial charge in [0.2, 0.25) is 0 Å². The number of benzene rings is 1. The van der Waals surface area contributed by atoms with E-state index in [0.29, 0.717) is 24.6 Å². The molecular formula is C13H16FN5. The van der Waals surface area contributed by atoms with Crippen LogP contribution in [0.2, 0.25) is 0 Å². The van der Waals surface area contributed by atoms with Crippen LogP contribution in [0.15, 0.2) is 36.7 Å². The quantitative estimate of drug-likeness (QED) is 0.636. The van der Waals surface area contributed by atoms with Crippen molar-refractivity contribution in [2.45, 2.75) is 13.5 Å². The molecule has 100 valence electrons. The molecule has 0 saturated heterocycles. The Morgan fingerprint density at radius 1 is 1.26 bits per heavy atom. The van der Waals surface area contributed by atoms with E-state index in [1.807, 2.05) is 17.9 Å². The van der Waals surface area contributed by atoms with Gasteiger partial charge in [-0.05, 0) is 19.1 Å². The molecule has 0 spiro atoms. The number of anilines is 2. The Kier molecular flexibility index (Phi) is 4.25. The number of para-hydroxylation sites is 1. The third-order valence-electron chi connectivity index (χ3n) is 2.78. The van der Waals surface area contributed by atoms with Crippen molar-refractivity contribution in [2.24, 2.45) is 5.84 Å². The summed E-state index contributed by atoms with van der Waals surface area (Å²) in [5, 5.41) is 0. The number of hydrazine groups is 1. The maximum atomic E-state index is 13.7. The van der Waals surface area contributed by atoms with Crippen LogP contribution in [0.25, 0.3) is 0 Å². The van der Waals surface area contributed by atoms with Gasteiger partial charge in [-0.15, -0.1) is 0 Å². The van der Waals surface area contributed by atoms with Crippen LogP contribution in [0.4, 0.5) is 15.9 Å². The van der Waals surface area contributed by atoms with Crippen molar-refractivity contribution >= 4 is 11.5 Å². The van der Waals surface area contributed by atoms with Crippen molar-refractivity contribution in [3.63, 3.8) is 0 Å². The molecule has 6 heteroatoms. The number of nitrogen functional groups attached to an aromatic ring is 1. The van der Waals surface area contributed by atoms with Crippen LogP contribution in [0.1, 0.15) is 12.6 Å². The molecule has 0 bridgehead atoms. The van der Waals surface area contributed by atoms with E-state index in [9.17, 15) is 4.39 Å². The first-order valence-electron chi connectivity index (χ1n) is 6.01. The number of hydrogen-bond donors (Lipinski definition) is 2. The molecule has 0 aliphatic rings. The third-order valence-corrected chi connectivity index (χ3v) is 2.78. The highest BCUT2D eigenvalue weighted by molar-refractivity contribution is 5.47. The monoisotopic (exact) mass is 261 g/mol. The Labute approximate surface area is 111 Å². The van der Waals surface area contributed by atoms with Gasteiger partial charge in [-0.1, -0.05) is 12.1 Å². The van der Waals surface area contributed by atoms with Crippen LogP contribution in [-0.2, 0) is 6.54 Å². The molecule has 0 radical (unpaired) electrons. The highest BCUT2D eigenvalue weighted by Gasteiger charge is 2.10. The van der Waals surface area contributed by atoms with Crippen LogP contribution in [-0.4, -0.2) is 16.5 Å². The van der Waals surface area contributed by atoms with E-state index in [1.54, 1.807) is 24.5 Å². The van der Waals surface area contributed by atoms with E-state index < -0.39 is 0 Å². The lowest BCUT2D eigenvalue weighted by molar-refractivity contribution is 0.617. The smallest absolute Gasteiger partial charge is 0.158 e. The summed E-state index contributed by atoms with van der Waals surface area (Å²) < 4.78 is 13.7. The van der Waals surface area contributed by atoms with Crippen LogP contribution in [0.3, 0.4) is 0 Å². The molecule has 0 saturated carbocycles. The van der Waals surface area contributed by atoms with Crippen LogP contribution in [0.5, 0.6) is 0 Å². The van der Waals surface area contributed by atoms with E-state index in [1.165, 1.54) is 6.07 Å². The van der Waals surface area contributed by atoms with Gasteiger partial charge in [-0.3, -0.25) is 4.98 Å². The van der Waals surface area contributed by atoms with Crippen molar-refractivity contribution in [2.75, 3.05) is 16.9 Å². The minimum Gasteiger partial charge on any atom is -0.363 e. The summed E-state index contributed by atoms with van der Waals surface area (Å²) in [6, 6.07) is 6.69. The number of rotatable bonds is 5. The molecule has 5 nitrogen and oxygen atoms in total. The van der Waals surface area contributed by atoms with Crippen molar-refractivity contribution in [3.05, 3.63) is 48.2 Å². The fourth-order valence-electron chi connectivity index (χ4n) is 1.78. The van der Waals surface area contributed by atoms with Gasteiger partial charge < -0.3 is 10.3 Å².